The summed E-state index contributed by atoms with van der Waals surface area (Å²) in [7, 11) is 0. The Labute approximate surface area is 225 Å². The average molecular weight is 509 g/mol. The van der Waals surface area contributed by atoms with Crippen LogP contribution in [0.3, 0.4) is 0 Å². The summed E-state index contributed by atoms with van der Waals surface area (Å²) in [6, 6.07) is 32.0. The lowest BCUT2D eigenvalue weighted by molar-refractivity contribution is -0.111. The lowest BCUT2D eigenvalue weighted by Crippen LogP contribution is -2.13. The Bertz CT molecular complexity index is 1760. The van der Waals surface area contributed by atoms with Gasteiger partial charge in [0.1, 0.15) is 12.0 Å². The third-order valence-corrected chi connectivity index (χ3v) is 6.38. The van der Waals surface area contributed by atoms with E-state index in [1.165, 1.54) is 6.08 Å². The molecule has 2 N–H and O–H groups in total. The minimum atomic E-state index is -0.271. The van der Waals surface area contributed by atoms with E-state index in [0.29, 0.717) is 11.5 Å². The monoisotopic (exact) mass is 508 g/mol. The molecular weight excluding hydrogens is 484 g/mol. The predicted octanol–water partition coefficient (Wildman–Crippen LogP) is 7.28. The Kier molecular flexibility index (Phi) is 6.37. The number of nitrogens with zero attached hydrogens (tertiary/aromatic N) is 4. The first-order valence-corrected chi connectivity index (χ1v) is 12.4. The Morgan fingerprint density at radius 2 is 1.62 bits per heavy atom. The first kappa shape index (κ1) is 23.8. The number of nitrogens with one attached hydrogen (secondary N) is 2. The number of H-pyrrole nitrogens is 1. The van der Waals surface area contributed by atoms with E-state index in [1.54, 1.807) is 12.5 Å². The van der Waals surface area contributed by atoms with Crippen LogP contribution in [0.4, 0.5) is 22.9 Å². The SMILES string of the molecule is C=CC(=O)Nc1cccc(N(c2ccccc2)c2ncnc3[nH]c(-c4ccc(-c5cccnc5)cc4)cc23)c1. The lowest BCUT2D eigenvalue weighted by atomic mass is 10.0. The van der Waals surface area contributed by atoms with Crippen molar-refractivity contribution in [2.75, 3.05) is 10.2 Å². The zero-order chi connectivity index (χ0) is 26.6. The summed E-state index contributed by atoms with van der Waals surface area (Å²) in [5.41, 5.74) is 7.29. The van der Waals surface area contributed by atoms with Crippen molar-refractivity contribution in [1.82, 2.24) is 19.9 Å². The van der Waals surface area contributed by atoms with Crippen LogP contribution in [0.1, 0.15) is 0 Å². The van der Waals surface area contributed by atoms with Crippen LogP contribution in [0.2, 0.25) is 0 Å². The van der Waals surface area contributed by atoms with Crippen molar-refractivity contribution < 1.29 is 4.79 Å². The molecule has 7 heteroatoms. The van der Waals surface area contributed by atoms with Crippen LogP contribution < -0.4 is 10.2 Å². The number of carbonyl (C=O) groups is 1. The second kappa shape index (κ2) is 10.4. The summed E-state index contributed by atoms with van der Waals surface area (Å²) in [6.07, 6.45) is 6.44. The van der Waals surface area contributed by atoms with Gasteiger partial charge in [-0.3, -0.25) is 14.7 Å². The molecule has 0 spiro atoms. The van der Waals surface area contributed by atoms with E-state index in [2.05, 4.69) is 62.1 Å². The molecule has 6 aromatic rings. The maximum absolute atomic E-state index is 11.9. The van der Waals surface area contributed by atoms with Crippen molar-refractivity contribution in [1.29, 1.82) is 0 Å². The molecule has 0 saturated heterocycles. The number of fused-ring (bicyclic) bond motifs is 1. The fraction of sp³-hybridized carbons (Fsp3) is 0. The van der Waals surface area contributed by atoms with Crippen molar-refractivity contribution in [2.45, 2.75) is 0 Å². The summed E-state index contributed by atoms with van der Waals surface area (Å²) in [6.45, 7) is 3.55. The molecule has 188 valence electrons. The van der Waals surface area contributed by atoms with Crippen LogP contribution in [-0.2, 0) is 4.79 Å². The Morgan fingerprint density at radius 1 is 0.821 bits per heavy atom. The van der Waals surface area contributed by atoms with Gasteiger partial charge in [0.2, 0.25) is 5.91 Å². The number of anilines is 4. The number of aromatic amines is 1. The number of hydrogen-bond acceptors (Lipinski definition) is 5. The van der Waals surface area contributed by atoms with Crippen molar-refractivity contribution >= 4 is 39.8 Å². The van der Waals surface area contributed by atoms with Crippen molar-refractivity contribution in [2.24, 2.45) is 0 Å². The normalized spacial score (nSPS) is 10.8. The number of hydrogen-bond donors (Lipinski definition) is 2. The Morgan fingerprint density at radius 3 is 2.38 bits per heavy atom. The standard InChI is InChI=1S/C32H24N6O/c1-2-30(39)36-25-9-6-12-27(18-25)38(26-10-4-3-5-11-26)32-28-19-29(37-31(28)34-21-35-32)23-15-13-22(14-16-23)24-8-7-17-33-20-24/h2-21H,1H2,(H,36,39)(H,34,35,37). The number of para-hydroxylation sites is 1. The van der Waals surface area contributed by atoms with Gasteiger partial charge in [-0.1, -0.05) is 61.2 Å². The maximum atomic E-state index is 11.9. The highest BCUT2D eigenvalue weighted by Gasteiger charge is 2.19. The van der Waals surface area contributed by atoms with Gasteiger partial charge in [-0.15, -0.1) is 0 Å². The molecule has 0 aliphatic heterocycles. The molecule has 0 aliphatic rings. The first-order chi connectivity index (χ1) is 19.2. The number of aromatic nitrogens is 4. The molecule has 0 radical (unpaired) electrons. The zero-order valence-corrected chi connectivity index (χ0v) is 21.0. The zero-order valence-electron chi connectivity index (χ0n) is 21.0. The van der Waals surface area contributed by atoms with Gasteiger partial charge in [-0.05, 0) is 65.2 Å². The van der Waals surface area contributed by atoms with Crippen LogP contribution in [-0.4, -0.2) is 25.8 Å². The molecule has 3 aromatic heterocycles. The summed E-state index contributed by atoms with van der Waals surface area (Å²) < 4.78 is 0. The molecule has 0 fully saturated rings. The number of amides is 1. The molecule has 0 aliphatic carbocycles. The minimum Gasteiger partial charge on any atom is -0.339 e. The van der Waals surface area contributed by atoms with Crippen LogP contribution >= 0.6 is 0 Å². The van der Waals surface area contributed by atoms with E-state index in [1.807, 2.05) is 72.9 Å². The van der Waals surface area contributed by atoms with Crippen LogP contribution in [0, 0.1) is 0 Å². The van der Waals surface area contributed by atoms with Gasteiger partial charge in [0.25, 0.3) is 0 Å². The number of benzene rings is 3. The fourth-order valence-corrected chi connectivity index (χ4v) is 4.52. The molecule has 3 aromatic carbocycles. The van der Waals surface area contributed by atoms with Crippen molar-refractivity contribution in [3.63, 3.8) is 0 Å². The van der Waals surface area contributed by atoms with Gasteiger partial charge in [-0.25, -0.2) is 9.97 Å². The average Bonchev–Trinajstić information content (AvgIpc) is 3.44. The molecule has 0 bridgehead atoms. The second-order valence-electron chi connectivity index (χ2n) is 8.88. The predicted molar refractivity (Wildman–Crippen MR) is 156 cm³/mol. The topological polar surface area (TPSA) is 86.8 Å². The molecule has 0 atom stereocenters. The highest BCUT2D eigenvalue weighted by molar-refractivity contribution is 6.00. The van der Waals surface area contributed by atoms with Crippen molar-refractivity contribution in [3.8, 4) is 22.4 Å². The van der Waals surface area contributed by atoms with Crippen LogP contribution in [0.25, 0.3) is 33.4 Å². The summed E-state index contributed by atoms with van der Waals surface area (Å²) in [4.78, 5) is 30.9. The van der Waals surface area contributed by atoms with Gasteiger partial charge >= 0.3 is 0 Å². The smallest absolute Gasteiger partial charge is 0.247 e. The highest BCUT2D eigenvalue weighted by atomic mass is 16.1. The van der Waals surface area contributed by atoms with Gasteiger partial charge in [0.15, 0.2) is 5.82 Å². The molecule has 0 unspecified atom stereocenters. The maximum Gasteiger partial charge on any atom is 0.247 e. The molecule has 7 nitrogen and oxygen atoms in total. The fourth-order valence-electron chi connectivity index (χ4n) is 4.52. The van der Waals surface area contributed by atoms with E-state index in [-0.39, 0.29) is 5.91 Å². The van der Waals surface area contributed by atoms with Crippen LogP contribution in [0.5, 0.6) is 0 Å². The van der Waals surface area contributed by atoms with E-state index in [9.17, 15) is 4.79 Å². The minimum absolute atomic E-state index is 0.271. The third-order valence-electron chi connectivity index (χ3n) is 6.38. The van der Waals surface area contributed by atoms with Gasteiger partial charge < -0.3 is 10.3 Å². The second-order valence-corrected chi connectivity index (χ2v) is 8.88. The van der Waals surface area contributed by atoms with Crippen LogP contribution in [0.15, 0.2) is 128 Å². The molecule has 3 heterocycles. The van der Waals surface area contributed by atoms with Gasteiger partial charge in [-0.2, -0.15) is 0 Å². The number of carbonyl (C=O) groups excluding carboxylic acids is 1. The highest BCUT2D eigenvalue weighted by Crippen LogP contribution is 2.39. The molecular formula is C32H24N6O. The van der Waals surface area contributed by atoms with E-state index in [4.69, 9.17) is 4.98 Å². The summed E-state index contributed by atoms with van der Waals surface area (Å²) >= 11 is 0. The molecule has 6 rings (SSSR count). The Hall–Kier alpha value is -5.56. The molecule has 0 saturated carbocycles. The van der Waals surface area contributed by atoms with E-state index < -0.39 is 0 Å². The summed E-state index contributed by atoms with van der Waals surface area (Å²) in [5.74, 6) is 0.445. The number of rotatable bonds is 7. The quantitative estimate of drug-likeness (QED) is 0.221. The number of pyridine rings is 1. The van der Waals surface area contributed by atoms with E-state index in [0.717, 1.165) is 44.8 Å². The Balaban J connectivity index is 1.43. The lowest BCUT2D eigenvalue weighted by Gasteiger charge is -2.25. The first-order valence-electron chi connectivity index (χ1n) is 12.4. The largest absolute Gasteiger partial charge is 0.339 e. The van der Waals surface area contributed by atoms with E-state index >= 15 is 0 Å². The van der Waals surface area contributed by atoms with Gasteiger partial charge in [0, 0.05) is 35.1 Å². The third kappa shape index (κ3) is 4.89. The summed E-state index contributed by atoms with van der Waals surface area (Å²) in [5, 5.41) is 3.71. The molecule has 39 heavy (non-hydrogen) atoms. The molecule has 1 amide bonds. The van der Waals surface area contributed by atoms with Gasteiger partial charge in [0.05, 0.1) is 5.39 Å². The van der Waals surface area contributed by atoms with Crippen molar-refractivity contribution in [3.05, 3.63) is 128 Å².